The molecular formula is C21H18ClF3N4O4S. The summed E-state index contributed by atoms with van der Waals surface area (Å²) < 4.78 is 53.1. The molecule has 1 aliphatic rings. The van der Waals surface area contributed by atoms with Gasteiger partial charge in [0.25, 0.3) is 0 Å². The van der Waals surface area contributed by atoms with Crippen LogP contribution in [-0.2, 0) is 20.8 Å². The van der Waals surface area contributed by atoms with E-state index in [0.29, 0.717) is 45.4 Å². The molecule has 180 valence electrons. The summed E-state index contributed by atoms with van der Waals surface area (Å²) >= 11 is 7.46. The number of nitrogens with zero attached hydrogens (tertiary/aromatic N) is 2. The van der Waals surface area contributed by atoms with Crippen molar-refractivity contribution in [3.63, 3.8) is 0 Å². The Morgan fingerprint density at radius 2 is 2.24 bits per heavy atom. The van der Waals surface area contributed by atoms with Gasteiger partial charge in [-0.3, -0.25) is 0 Å². The largest absolute Gasteiger partial charge is 0.490 e. The zero-order valence-corrected chi connectivity index (χ0v) is 19.0. The Morgan fingerprint density at radius 3 is 2.94 bits per heavy atom. The van der Waals surface area contributed by atoms with Gasteiger partial charge in [-0.1, -0.05) is 11.8 Å². The fraction of sp³-hybridized carbons (Fsp3) is 0.381. The highest BCUT2D eigenvalue weighted by atomic mass is 35.5. The van der Waals surface area contributed by atoms with Gasteiger partial charge in [-0.25, -0.2) is 9.78 Å². The first-order chi connectivity index (χ1) is 16.2. The third-order valence-electron chi connectivity index (χ3n) is 4.89. The van der Waals surface area contributed by atoms with Crippen LogP contribution in [-0.4, -0.2) is 41.4 Å². The van der Waals surface area contributed by atoms with Gasteiger partial charge >= 0.3 is 12.1 Å². The van der Waals surface area contributed by atoms with E-state index in [2.05, 4.69) is 31.9 Å². The zero-order valence-electron chi connectivity index (χ0n) is 17.4. The summed E-state index contributed by atoms with van der Waals surface area (Å²) in [5.41, 5.74) is 7.06. The van der Waals surface area contributed by atoms with Gasteiger partial charge < -0.3 is 24.9 Å². The number of nitrogens with two attached hydrogens (primary N) is 1. The number of ether oxygens (including phenoxy) is 2. The number of alkyl halides is 3. The molecule has 0 bridgehead atoms. The monoisotopic (exact) mass is 514 g/mol. The summed E-state index contributed by atoms with van der Waals surface area (Å²) in [7, 11) is 0. The quantitative estimate of drug-likeness (QED) is 0.296. The molecule has 3 N–H and O–H groups in total. The van der Waals surface area contributed by atoms with Gasteiger partial charge in [-0.05, 0) is 36.6 Å². The van der Waals surface area contributed by atoms with Crippen LogP contribution in [0.3, 0.4) is 0 Å². The molecule has 1 fully saturated rings. The van der Waals surface area contributed by atoms with Crippen molar-refractivity contribution in [2.45, 2.75) is 37.7 Å². The van der Waals surface area contributed by atoms with Crippen LogP contribution in [0.2, 0.25) is 5.28 Å². The summed E-state index contributed by atoms with van der Waals surface area (Å²) in [6.07, 6.45) is -2.51. The maximum Gasteiger partial charge on any atom is 0.490 e. The number of carbonyl (C=O) groups excluding carboxylic acids is 1. The molecule has 34 heavy (non-hydrogen) atoms. The molecule has 0 radical (unpaired) electrons. The predicted octanol–water partition coefficient (Wildman–Crippen LogP) is 4.19. The van der Waals surface area contributed by atoms with Crippen molar-refractivity contribution >= 4 is 44.9 Å². The van der Waals surface area contributed by atoms with Crippen molar-refractivity contribution in [3.8, 4) is 11.8 Å². The van der Waals surface area contributed by atoms with Crippen LogP contribution in [0, 0.1) is 11.8 Å². The van der Waals surface area contributed by atoms with Crippen LogP contribution >= 0.6 is 22.9 Å². The van der Waals surface area contributed by atoms with Gasteiger partial charge in [0.2, 0.25) is 5.28 Å². The minimum atomic E-state index is -5.10. The summed E-state index contributed by atoms with van der Waals surface area (Å²) in [6, 6.07) is 3.23. The van der Waals surface area contributed by atoms with Gasteiger partial charge in [-0.15, -0.1) is 11.3 Å². The smallest absolute Gasteiger partial charge is 0.467 e. The number of hydrogen-bond acceptors (Lipinski definition) is 9. The second-order valence-corrected chi connectivity index (χ2v) is 8.66. The first-order valence-corrected chi connectivity index (χ1v) is 11.3. The van der Waals surface area contributed by atoms with E-state index in [9.17, 15) is 18.0 Å². The Balaban J connectivity index is 1.71. The molecule has 0 amide bonds. The standard InChI is InChI=1S/C21H18ClF3N4O4S/c22-20-28-14-12(5-2-9-33-19(30)21(23,24)25)16(15-13(26)6-3-8-32-15)34-17(14)18(29-20)27-10-11-4-1-7-31-11/h1,4,7,13,15H,3,6,8-10,26H2,(H,27,28,29)/t13-,15-/m0/s1. The Kier molecular flexibility index (Phi) is 7.27. The van der Waals surface area contributed by atoms with Crippen molar-refractivity contribution in [2.24, 2.45) is 5.73 Å². The van der Waals surface area contributed by atoms with E-state index in [1.54, 1.807) is 18.4 Å². The minimum absolute atomic E-state index is 0.0563. The molecule has 0 unspecified atom stereocenters. The summed E-state index contributed by atoms with van der Waals surface area (Å²) in [4.78, 5) is 20.2. The van der Waals surface area contributed by atoms with E-state index < -0.39 is 24.9 Å². The number of carbonyl (C=O) groups is 1. The van der Waals surface area contributed by atoms with Crippen LogP contribution in [0.25, 0.3) is 10.2 Å². The molecule has 8 nitrogen and oxygen atoms in total. The molecule has 0 spiro atoms. The fourth-order valence-electron chi connectivity index (χ4n) is 3.37. The number of nitrogens with one attached hydrogen (secondary N) is 1. The van der Waals surface area contributed by atoms with Crippen molar-refractivity contribution in [1.82, 2.24) is 9.97 Å². The lowest BCUT2D eigenvalue weighted by Gasteiger charge is -2.28. The van der Waals surface area contributed by atoms with Gasteiger partial charge in [0.05, 0.1) is 27.9 Å². The Labute approximate surface area is 200 Å². The van der Waals surface area contributed by atoms with Crippen LogP contribution in [0.1, 0.15) is 35.1 Å². The summed E-state index contributed by atoms with van der Waals surface area (Å²) in [5, 5.41) is 3.09. The van der Waals surface area contributed by atoms with E-state index in [1.807, 2.05) is 0 Å². The van der Waals surface area contributed by atoms with Crippen LogP contribution in [0.15, 0.2) is 22.8 Å². The van der Waals surface area contributed by atoms with Crippen molar-refractivity contribution in [2.75, 3.05) is 18.5 Å². The average Bonchev–Trinajstić information content (AvgIpc) is 3.43. The first kappa shape index (κ1) is 24.3. The molecule has 2 atom stereocenters. The lowest BCUT2D eigenvalue weighted by Crippen LogP contribution is -2.34. The Morgan fingerprint density at radius 1 is 1.41 bits per heavy atom. The number of rotatable bonds is 5. The number of aromatic nitrogens is 2. The highest BCUT2D eigenvalue weighted by Crippen LogP contribution is 2.41. The van der Waals surface area contributed by atoms with E-state index in [4.69, 9.17) is 26.5 Å². The van der Waals surface area contributed by atoms with Crippen LogP contribution in [0.4, 0.5) is 19.0 Å². The molecule has 3 aromatic heterocycles. The number of anilines is 1. The van der Waals surface area contributed by atoms with E-state index >= 15 is 0 Å². The van der Waals surface area contributed by atoms with E-state index in [1.165, 1.54) is 11.3 Å². The number of halogens is 4. The number of hydrogen-bond donors (Lipinski definition) is 2. The van der Waals surface area contributed by atoms with Gasteiger partial charge in [0.1, 0.15) is 23.2 Å². The number of furan rings is 1. The molecule has 4 heterocycles. The van der Waals surface area contributed by atoms with Crippen molar-refractivity contribution < 1.29 is 31.9 Å². The van der Waals surface area contributed by atoms with Crippen LogP contribution < -0.4 is 11.1 Å². The second kappa shape index (κ2) is 10.2. The lowest BCUT2D eigenvalue weighted by atomic mass is 10.00. The fourth-order valence-corrected chi connectivity index (χ4v) is 4.83. The lowest BCUT2D eigenvalue weighted by molar-refractivity contribution is -0.198. The van der Waals surface area contributed by atoms with Gasteiger partial charge in [-0.2, -0.15) is 18.2 Å². The number of fused-ring (bicyclic) bond motifs is 1. The third kappa shape index (κ3) is 5.44. The van der Waals surface area contributed by atoms with Gasteiger partial charge in [0.15, 0.2) is 6.61 Å². The average molecular weight is 515 g/mol. The molecule has 0 saturated carbocycles. The van der Waals surface area contributed by atoms with Crippen molar-refractivity contribution in [1.29, 1.82) is 0 Å². The predicted molar refractivity (Wildman–Crippen MR) is 118 cm³/mol. The molecule has 1 saturated heterocycles. The van der Waals surface area contributed by atoms with E-state index in [-0.39, 0.29) is 11.3 Å². The SMILES string of the molecule is N[C@H]1CCCO[C@@H]1c1sc2c(NCc3ccco3)nc(Cl)nc2c1C#CCOC(=O)C(F)(F)F. The molecule has 0 aromatic carbocycles. The minimum Gasteiger partial charge on any atom is -0.467 e. The summed E-state index contributed by atoms with van der Waals surface area (Å²) in [6.45, 7) is 0.0738. The zero-order chi connectivity index (χ0) is 24.3. The van der Waals surface area contributed by atoms with E-state index in [0.717, 1.165) is 12.8 Å². The maximum atomic E-state index is 12.4. The molecule has 13 heteroatoms. The third-order valence-corrected chi connectivity index (χ3v) is 6.31. The maximum absolute atomic E-state index is 12.4. The Bertz CT molecular complexity index is 1240. The van der Waals surface area contributed by atoms with Crippen LogP contribution in [0.5, 0.6) is 0 Å². The Hall–Kier alpha value is -2.85. The molecule has 0 aliphatic carbocycles. The molecule has 1 aliphatic heterocycles. The first-order valence-electron chi connectivity index (χ1n) is 10.1. The topological polar surface area (TPSA) is 112 Å². The number of thiophene rings is 1. The second-order valence-electron chi connectivity index (χ2n) is 7.27. The van der Waals surface area contributed by atoms with Gasteiger partial charge in [0, 0.05) is 12.6 Å². The van der Waals surface area contributed by atoms with Crippen molar-refractivity contribution in [3.05, 3.63) is 39.9 Å². The molecular weight excluding hydrogens is 497 g/mol. The highest BCUT2D eigenvalue weighted by molar-refractivity contribution is 7.20. The molecule has 3 aromatic rings. The molecule has 4 rings (SSSR count). The summed E-state index contributed by atoms with van der Waals surface area (Å²) in [5.74, 6) is 4.00. The highest BCUT2D eigenvalue weighted by Gasteiger charge is 2.40. The normalized spacial score (nSPS) is 18.4. The number of esters is 1.